The van der Waals surface area contributed by atoms with Gasteiger partial charge in [0, 0.05) is 12.3 Å². The summed E-state index contributed by atoms with van der Waals surface area (Å²) in [5.74, 6) is 3.63. The van der Waals surface area contributed by atoms with Crippen LogP contribution in [0.2, 0.25) is 0 Å². The normalized spacial score (nSPS) is 55.5. The highest BCUT2D eigenvalue weighted by atomic mass is 16.5. The molecular weight excluding hydrogens is 372 g/mol. The largest absolute Gasteiger partial charge is 0.393 e. The van der Waals surface area contributed by atoms with Crippen molar-refractivity contribution in [2.75, 3.05) is 0 Å². The van der Waals surface area contributed by atoms with Gasteiger partial charge in [-0.2, -0.15) is 0 Å². The van der Waals surface area contributed by atoms with E-state index in [-0.39, 0.29) is 29.1 Å². The predicted octanol–water partition coefficient (Wildman–Crippen LogP) is 5.78. The number of aliphatic hydroxyl groups excluding tert-OH is 1. The van der Waals surface area contributed by atoms with Crippen molar-refractivity contribution in [3.63, 3.8) is 0 Å². The maximum atomic E-state index is 13.1. The summed E-state index contributed by atoms with van der Waals surface area (Å²) in [6.45, 7) is 11.9. The SMILES string of the molecule is C[C@@H]1CCCC(C)(C)OC2C(=O)CC[C@@]3(C)C2CC(O)[C@H]2[C@@H]4CC[C@H]1[C@@]4(C)CC[C@@H]23. The van der Waals surface area contributed by atoms with E-state index >= 15 is 0 Å². The first-order chi connectivity index (χ1) is 14.1. The number of carbonyl (C=O) groups is 1. The van der Waals surface area contributed by atoms with Crippen molar-refractivity contribution in [2.45, 2.75) is 117 Å². The number of hydrogen-bond acceptors (Lipinski definition) is 3. The molecule has 0 aromatic carbocycles. The maximum absolute atomic E-state index is 13.1. The summed E-state index contributed by atoms with van der Waals surface area (Å²) in [6, 6.07) is 0. The van der Waals surface area contributed by atoms with Crippen LogP contribution in [0.5, 0.6) is 0 Å². The molecule has 0 spiro atoms. The highest BCUT2D eigenvalue weighted by Crippen LogP contribution is 2.68. The molecule has 6 fully saturated rings. The number of ether oxygens (including phenoxy) is 1. The van der Waals surface area contributed by atoms with Crippen molar-refractivity contribution in [3.05, 3.63) is 0 Å². The Labute approximate surface area is 183 Å². The van der Waals surface area contributed by atoms with Gasteiger partial charge in [0.05, 0.1) is 11.7 Å². The Morgan fingerprint density at radius 1 is 0.867 bits per heavy atom. The summed E-state index contributed by atoms with van der Waals surface area (Å²) in [5.41, 5.74) is 0.254. The molecule has 6 rings (SSSR count). The quantitative estimate of drug-likeness (QED) is 0.544. The van der Waals surface area contributed by atoms with Crippen molar-refractivity contribution in [1.29, 1.82) is 0 Å². The van der Waals surface area contributed by atoms with Crippen molar-refractivity contribution in [2.24, 2.45) is 46.3 Å². The summed E-state index contributed by atoms with van der Waals surface area (Å²) >= 11 is 0. The molecule has 6 aliphatic rings. The lowest BCUT2D eigenvalue weighted by molar-refractivity contribution is -0.213. The molecule has 0 aromatic heterocycles. The van der Waals surface area contributed by atoms with Crippen LogP contribution >= 0.6 is 0 Å². The summed E-state index contributed by atoms with van der Waals surface area (Å²) in [6.07, 6.45) is 10.5. The van der Waals surface area contributed by atoms with Gasteiger partial charge in [0.25, 0.3) is 0 Å². The Morgan fingerprint density at radius 3 is 2.30 bits per heavy atom. The van der Waals surface area contributed by atoms with Crippen LogP contribution in [0, 0.1) is 46.3 Å². The summed E-state index contributed by atoms with van der Waals surface area (Å²) in [5, 5.41) is 11.6. The smallest absolute Gasteiger partial charge is 0.161 e. The third-order valence-electron chi connectivity index (χ3n) is 11.2. The fraction of sp³-hybridized carbons (Fsp3) is 0.963. The minimum absolute atomic E-state index is 0.133. The van der Waals surface area contributed by atoms with Gasteiger partial charge in [-0.25, -0.2) is 0 Å². The van der Waals surface area contributed by atoms with E-state index in [1.165, 1.54) is 38.5 Å². The second kappa shape index (κ2) is 7.04. The number of fused-ring (bicyclic) bond motifs is 7. The molecule has 8 bridgehead atoms. The van der Waals surface area contributed by atoms with E-state index in [9.17, 15) is 9.90 Å². The van der Waals surface area contributed by atoms with E-state index in [0.717, 1.165) is 31.1 Å². The first kappa shape index (κ1) is 21.4. The van der Waals surface area contributed by atoms with Gasteiger partial charge in [0.1, 0.15) is 6.10 Å². The number of ketones is 1. The number of carbonyl (C=O) groups excluding carboxylic acids is 1. The summed E-state index contributed by atoms with van der Waals surface area (Å²) in [7, 11) is 0. The second-order valence-corrected chi connectivity index (χ2v) is 13.1. The van der Waals surface area contributed by atoms with Crippen molar-refractivity contribution in [3.8, 4) is 0 Å². The van der Waals surface area contributed by atoms with E-state index in [0.29, 0.717) is 35.4 Å². The second-order valence-electron chi connectivity index (χ2n) is 13.1. The molecule has 2 aliphatic heterocycles. The molecule has 0 amide bonds. The lowest BCUT2D eigenvalue weighted by Gasteiger charge is -2.63. The van der Waals surface area contributed by atoms with E-state index in [1.54, 1.807) is 0 Å². The van der Waals surface area contributed by atoms with Crippen LogP contribution in [0.15, 0.2) is 0 Å². The van der Waals surface area contributed by atoms with E-state index in [4.69, 9.17) is 4.74 Å². The van der Waals surface area contributed by atoms with Gasteiger partial charge >= 0.3 is 0 Å². The van der Waals surface area contributed by atoms with Crippen LogP contribution in [-0.2, 0) is 9.53 Å². The molecule has 10 atom stereocenters. The lowest BCUT2D eigenvalue weighted by Crippen LogP contribution is -2.62. The van der Waals surface area contributed by atoms with Gasteiger partial charge in [-0.1, -0.05) is 33.6 Å². The van der Waals surface area contributed by atoms with Crippen LogP contribution in [0.25, 0.3) is 0 Å². The van der Waals surface area contributed by atoms with Crippen LogP contribution < -0.4 is 0 Å². The lowest BCUT2D eigenvalue weighted by atomic mass is 9.43. The van der Waals surface area contributed by atoms with Crippen LogP contribution in [0.3, 0.4) is 0 Å². The standard InChI is InChI=1S/C27H44O3/c1-16-7-6-12-25(2,3)30-24-20-15-22(29)23-18-9-8-17(16)26(18,4)13-10-19(23)27(20,5)14-11-21(24)28/h16-20,22-24,29H,6-15H2,1-5H3/t16-,17-,18+,19+,20?,22?,23+,24?,26-,27-/m1/s1. The average molecular weight is 417 g/mol. The Kier molecular flexibility index (Phi) is 5.03. The zero-order valence-corrected chi connectivity index (χ0v) is 20.0. The molecule has 4 aliphatic carbocycles. The molecular formula is C27H44O3. The Balaban J connectivity index is 1.59. The minimum atomic E-state index is -0.320. The fourth-order valence-electron chi connectivity index (χ4n) is 9.64. The highest BCUT2D eigenvalue weighted by Gasteiger charge is 2.64. The monoisotopic (exact) mass is 416 g/mol. The van der Waals surface area contributed by atoms with Gasteiger partial charge in [-0.15, -0.1) is 0 Å². The van der Waals surface area contributed by atoms with Crippen LogP contribution in [0.1, 0.15) is 98.8 Å². The molecule has 2 saturated heterocycles. The molecule has 30 heavy (non-hydrogen) atoms. The van der Waals surface area contributed by atoms with Gasteiger partial charge in [-0.05, 0) is 99.2 Å². The highest BCUT2D eigenvalue weighted by molar-refractivity contribution is 5.84. The number of aliphatic hydroxyl groups is 1. The van der Waals surface area contributed by atoms with Crippen LogP contribution in [0.4, 0.5) is 0 Å². The van der Waals surface area contributed by atoms with E-state index < -0.39 is 0 Å². The number of rotatable bonds is 0. The molecule has 1 N–H and O–H groups in total. The zero-order chi connectivity index (χ0) is 21.5. The Morgan fingerprint density at radius 2 is 1.53 bits per heavy atom. The molecule has 0 aromatic rings. The third kappa shape index (κ3) is 3.00. The van der Waals surface area contributed by atoms with Crippen molar-refractivity contribution in [1.82, 2.24) is 0 Å². The minimum Gasteiger partial charge on any atom is -0.393 e. The maximum Gasteiger partial charge on any atom is 0.161 e. The van der Waals surface area contributed by atoms with Crippen LogP contribution in [-0.4, -0.2) is 28.7 Å². The topological polar surface area (TPSA) is 46.5 Å². The third-order valence-corrected chi connectivity index (χ3v) is 11.2. The molecule has 3 unspecified atom stereocenters. The molecule has 3 nitrogen and oxygen atoms in total. The first-order valence-corrected chi connectivity index (χ1v) is 13.0. The van der Waals surface area contributed by atoms with E-state index in [2.05, 4.69) is 34.6 Å². The predicted molar refractivity (Wildman–Crippen MR) is 119 cm³/mol. The molecule has 2 heterocycles. The van der Waals surface area contributed by atoms with Gasteiger partial charge in [-0.3, -0.25) is 4.79 Å². The van der Waals surface area contributed by atoms with Crippen molar-refractivity contribution < 1.29 is 14.6 Å². The Bertz CT molecular complexity index is 700. The molecule has 3 heteroatoms. The number of hydrogen-bond donors (Lipinski definition) is 1. The average Bonchev–Trinajstić information content (AvgIpc) is 3.02. The Hall–Kier alpha value is -0.410. The van der Waals surface area contributed by atoms with Crippen molar-refractivity contribution >= 4 is 5.78 Å². The molecule has 4 saturated carbocycles. The fourth-order valence-corrected chi connectivity index (χ4v) is 9.64. The van der Waals surface area contributed by atoms with Gasteiger partial charge in [0.15, 0.2) is 5.78 Å². The van der Waals surface area contributed by atoms with E-state index in [1.807, 2.05) is 0 Å². The summed E-state index contributed by atoms with van der Waals surface area (Å²) in [4.78, 5) is 13.1. The zero-order valence-electron chi connectivity index (χ0n) is 20.0. The van der Waals surface area contributed by atoms with Gasteiger partial charge < -0.3 is 9.84 Å². The molecule has 0 radical (unpaired) electrons. The molecule has 170 valence electrons. The summed E-state index contributed by atoms with van der Waals surface area (Å²) < 4.78 is 6.68. The first-order valence-electron chi connectivity index (χ1n) is 13.0. The van der Waals surface area contributed by atoms with Gasteiger partial charge in [0.2, 0.25) is 0 Å². The number of Topliss-reactive ketones (excluding diaryl/α,β-unsaturated/α-hetero) is 1.